The van der Waals surface area contributed by atoms with Crippen LogP contribution in [0.4, 0.5) is 0 Å². The SMILES string of the molecule is CCn1c(-c2ccc(-c3cc4ccc5cccc6c7cccc8ccc9cccc(c(c3)c4c56)c9c87)cc2)nc2ccccc21. The van der Waals surface area contributed by atoms with Gasteiger partial charge in [-0.3, -0.25) is 0 Å². The lowest BCUT2D eigenvalue weighted by Gasteiger charge is -2.17. The van der Waals surface area contributed by atoms with Crippen LogP contribution in [0.15, 0.2) is 140 Å². The van der Waals surface area contributed by atoms with Crippen LogP contribution in [-0.4, -0.2) is 9.55 Å². The Kier molecular flexibility index (Phi) is 5.01. The molecule has 0 aliphatic heterocycles. The predicted octanol–water partition coefficient (Wildman–Crippen LogP) is 11.7. The Morgan fingerprint density at radius 3 is 1.60 bits per heavy atom. The average molecular weight is 573 g/mol. The molecule has 0 aliphatic carbocycles. The first-order valence-electron chi connectivity index (χ1n) is 15.8. The van der Waals surface area contributed by atoms with E-state index in [2.05, 4.69) is 151 Å². The average Bonchev–Trinajstić information content (AvgIpc) is 3.48. The Morgan fingerprint density at radius 1 is 0.444 bits per heavy atom. The molecule has 0 unspecified atom stereocenters. The number of benzene rings is 8. The number of nitrogens with zero attached hydrogens (tertiary/aromatic N) is 2. The summed E-state index contributed by atoms with van der Waals surface area (Å²) >= 11 is 0. The van der Waals surface area contributed by atoms with E-state index in [0.717, 1.165) is 23.4 Å². The molecule has 0 atom stereocenters. The predicted molar refractivity (Wildman–Crippen MR) is 193 cm³/mol. The van der Waals surface area contributed by atoms with Crippen LogP contribution in [0.25, 0.3) is 98.2 Å². The summed E-state index contributed by atoms with van der Waals surface area (Å²) in [6, 6.07) is 51.7. The highest BCUT2D eigenvalue weighted by Gasteiger charge is 2.17. The number of rotatable bonds is 3. The smallest absolute Gasteiger partial charge is 0.141 e. The van der Waals surface area contributed by atoms with Crippen molar-refractivity contribution in [3.63, 3.8) is 0 Å². The van der Waals surface area contributed by atoms with E-state index >= 15 is 0 Å². The van der Waals surface area contributed by atoms with Crippen LogP contribution in [-0.2, 0) is 6.54 Å². The van der Waals surface area contributed by atoms with Crippen molar-refractivity contribution in [1.29, 1.82) is 0 Å². The molecular formula is C43H28N2. The van der Waals surface area contributed by atoms with Gasteiger partial charge in [-0.05, 0) is 107 Å². The van der Waals surface area contributed by atoms with E-state index in [1.165, 1.54) is 81.3 Å². The number of aryl methyl sites for hydroxylation is 1. The van der Waals surface area contributed by atoms with E-state index in [1.54, 1.807) is 0 Å². The minimum absolute atomic E-state index is 0.878. The quantitative estimate of drug-likeness (QED) is 0.193. The van der Waals surface area contributed by atoms with Gasteiger partial charge in [-0.2, -0.15) is 0 Å². The van der Waals surface area contributed by atoms with E-state index in [-0.39, 0.29) is 0 Å². The Morgan fingerprint density at radius 2 is 0.978 bits per heavy atom. The van der Waals surface area contributed by atoms with Crippen molar-refractivity contribution in [2.24, 2.45) is 0 Å². The summed E-state index contributed by atoms with van der Waals surface area (Å²) < 4.78 is 2.30. The first-order valence-corrected chi connectivity index (χ1v) is 15.8. The van der Waals surface area contributed by atoms with Crippen LogP contribution in [0.5, 0.6) is 0 Å². The molecule has 45 heavy (non-hydrogen) atoms. The van der Waals surface area contributed by atoms with Crippen LogP contribution >= 0.6 is 0 Å². The van der Waals surface area contributed by atoms with Gasteiger partial charge >= 0.3 is 0 Å². The third-order valence-corrected chi connectivity index (χ3v) is 9.87. The molecule has 1 aromatic heterocycles. The number of hydrogen-bond donors (Lipinski definition) is 0. The highest BCUT2D eigenvalue weighted by molar-refractivity contribution is 6.37. The number of imidazole rings is 1. The molecule has 0 radical (unpaired) electrons. The van der Waals surface area contributed by atoms with Crippen LogP contribution in [0.2, 0.25) is 0 Å². The first-order chi connectivity index (χ1) is 22.3. The van der Waals surface area contributed by atoms with Crippen molar-refractivity contribution >= 4 is 75.7 Å². The highest BCUT2D eigenvalue weighted by atomic mass is 15.1. The van der Waals surface area contributed by atoms with Crippen LogP contribution in [0, 0.1) is 0 Å². The normalized spacial score (nSPS) is 12.2. The molecule has 0 fully saturated rings. The molecule has 0 spiro atoms. The van der Waals surface area contributed by atoms with Gasteiger partial charge in [-0.15, -0.1) is 0 Å². The van der Waals surface area contributed by atoms with Gasteiger partial charge in [0.15, 0.2) is 0 Å². The molecule has 2 heteroatoms. The Balaban J connectivity index is 1.29. The zero-order chi connectivity index (χ0) is 29.6. The summed E-state index contributed by atoms with van der Waals surface area (Å²) in [6.45, 7) is 3.06. The molecule has 0 bridgehead atoms. The van der Waals surface area contributed by atoms with Crippen LogP contribution < -0.4 is 0 Å². The van der Waals surface area contributed by atoms with Crippen molar-refractivity contribution in [2.75, 3.05) is 0 Å². The molecule has 0 saturated heterocycles. The Hall–Kier alpha value is -5.73. The van der Waals surface area contributed by atoms with Gasteiger partial charge in [0.05, 0.1) is 11.0 Å². The fraction of sp³-hybridized carbons (Fsp3) is 0.0465. The van der Waals surface area contributed by atoms with E-state index in [1.807, 2.05) is 0 Å². The zero-order valence-electron chi connectivity index (χ0n) is 24.9. The van der Waals surface area contributed by atoms with Crippen molar-refractivity contribution in [1.82, 2.24) is 9.55 Å². The first kappa shape index (κ1) is 24.7. The number of hydrogen-bond acceptors (Lipinski definition) is 1. The maximum absolute atomic E-state index is 5.00. The Labute approximate surface area is 260 Å². The molecule has 0 N–H and O–H groups in total. The molecule has 210 valence electrons. The lowest BCUT2D eigenvalue weighted by molar-refractivity contribution is 0.796. The van der Waals surface area contributed by atoms with Crippen molar-refractivity contribution in [2.45, 2.75) is 13.5 Å². The minimum atomic E-state index is 0.878. The molecule has 1 heterocycles. The Bertz CT molecular complexity index is 2780. The lowest BCUT2D eigenvalue weighted by atomic mass is 9.86. The van der Waals surface area contributed by atoms with Gasteiger partial charge < -0.3 is 4.57 Å². The van der Waals surface area contributed by atoms with Crippen LogP contribution in [0.1, 0.15) is 6.92 Å². The largest absolute Gasteiger partial charge is 0.324 e. The molecular weight excluding hydrogens is 544 g/mol. The highest BCUT2D eigenvalue weighted by Crippen LogP contribution is 2.44. The topological polar surface area (TPSA) is 17.8 Å². The summed E-state index contributed by atoms with van der Waals surface area (Å²) in [7, 11) is 0. The summed E-state index contributed by atoms with van der Waals surface area (Å²) in [5.74, 6) is 1.02. The molecule has 10 aromatic rings. The molecule has 0 saturated carbocycles. The van der Waals surface area contributed by atoms with Crippen molar-refractivity contribution in [3.05, 3.63) is 140 Å². The molecule has 10 rings (SSSR count). The maximum atomic E-state index is 5.00. The molecule has 0 amide bonds. The number of fused-ring (bicyclic) bond motifs is 3. The van der Waals surface area contributed by atoms with E-state index in [4.69, 9.17) is 4.98 Å². The molecule has 2 nitrogen and oxygen atoms in total. The van der Waals surface area contributed by atoms with Gasteiger partial charge in [-0.25, -0.2) is 4.98 Å². The van der Waals surface area contributed by atoms with E-state index in [9.17, 15) is 0 Å². The van der Waals surface area contributed by atoms with Gasteiger partial charge in [0.2, 0.25) is 0 Å². The zero-order valence-corrected chi connectivity index (χ0v) is 24.9. The maximum Gasteiger partial charge on any atom is 0.141 e. The summed E-state index contributed by atoms with van der Waals surface area (Å²) in [6.07, 6.45) is 0. The molecule has 0 aliphatic rings. The second kappa shape index (κ2) is 9.14. The van der Waals surface area contributed by atoms with Gasteiger partial charge in [0, 0.05) is 12.1 Å². The number of aromatic nitrogens is 2. The third kappa shape index (κ3) is 3.42. The molecule has 9 aromatic carbocycles. The van der Waals surface area contributed by atoms with E-state index in [0.29, 0.717) is 0 Å². The lowest BCUT2D eigenvalue weighted by Crippen LogP contribution is -1.97. The monoisotopic (exact) mass is 572 g/mol. The standard InChI is InChI=1S/C43H28N2/c1-2-45-38-15-4-3-14-37(38)44-43(45)30-21-16-26(17-22-30)32-24-31-23-20-29-9-6-12-34-33-11-5-8-27-18-19-28-10-7-13-35(41(28)39(27)33)36(25-32)42(31)40(29)34/h3-25H,2H2,1H3. The van der Waals surface area contributed by atoms with Crippen LogP contribution in [0.3, 0.4) is 0 Å². The summed E-state index contributed by atoms with van der Waals surface area (Å²) in [5, 5.41) is 15.7. The summed E-state index contributed by atoms with van der Waals surface area (Å²) in [5.41, 5.74) is 5.78. The van der Waals surface area contributed by atoms with Crippen molar-refractivity contribution < 1.29 is 0 Å². The fourth-order valence-corrected chi connectivity index (χ4v) is 7.88. The minimum Gasteiger partial charge on any atom is -0.324 e. The number of para-hydroxylation sites is 2. The van der Waals surface area contributed by atoms with Gasteiger partial charge in [-0.1, -0.05) is 115 Å². The summed E-state index contributed by atoms with van der Waals surface area (Å²) in [4.78, 5) is 5.00. The van der Waals surface area contributed by atoms with Gasteiger partial charge in [0.1, 0.15) is 5.82 Å². The third-order valence-electron chi connectivity index (χ3n) is 9.87. The second-order valence-electron chi connectivity index (χ2n) is 12.2. The second-order valence-corrected chi connectivity index (χ2v) is 12.2. The van der Waals surface area contributed by atoms with Gasteiger partial charge in [0.25, 0.3) is 0 Å². The van der Waals surface area contributed by atoms with E-state index < -0.39 is 0 Å². The van der Waals surface area contributed by atoms with Crippen molar-refractivity contribution in [3.8, 4) is 22.5 Å². The fourth-order valence-electron chi connectivity index (χ4n) is 7.88.